The number of hydrogen-bond acceptors (Lipinski definition) is 3. The Morgan fingerprint density at radius 2 is 2.04 bits per heavy atom. The summed E-state index contributed by atoms with van der Waals surface area (Å²) in [5.41, 5.74) is 3.02. The third-order valence-electron chi connectivity index (χ3n) is 4.51. The number of rotatable bonds is 5. The van der Waals surface area contributed by atoms with Crippen molar-refractivity contribution < 1.29 is 9.53 Å². The molecule has 4 heteroatoms. The van der Waals surface area contributed by atoms with E-state index in [9.17, 15) is 4.79 Å². The number of carbonyl (C=O) groups is 1. The fourth-order valence-corrected chi connectivity index (χ4v) is 2.96. The molecule has 1 amide bonds. The molecule has 0 saturated carbocycles. The summed E-state index contributed by atoms with van der Waals surface area (Å²) >= 11 is 0. The van der Waals surface area contributed by atoms with Crippen molar-refractivity contribution in [2.45, 2.75) is 26.4 Å². The monoisotopic (exact) mass is 324 g/mol. The van der Waals surface area contributed by atoms with Crippen LogP contribution in [0.5, 0.6) is 5.75 Å². The zero-order chi connectivity index (χ0) is 16.8. The lowest BCUT2D eigenvalue weighted by atomic mass is 9.98. The molecule has 2 aromatic carbocycles. The maximum atomic E-state index is 12.4. The molecule has 0 bridgehead atoms. The third-order valence-corrected chi connectivity index (χ3v) is 4.51. The molecule has 0 spiro atoms. The Balaban J connectivity index is 1.65. The maximum Gasteiger partial charge on any atom is 0.228 e. The van der Waals surface area contributed by atoms with Gasteiger partial charge in [-0.3, -0.25) is 4.79 Å². The Kier molecular flexibility index (Phi) is 5.49. The number of carbonyl (C=O) groups excluding carboxylic acids is 1. The lowest BCUT2D eigenvalue weighted by Gasteiger charge is -2.22. The molecular weight excluding hydrogens is 300 g/mol. The summed E-state index contributed by atoms with van der Waals surface area (Å²) in [6.07, 6.45) is 2.01. The van der Waals surface area contributed by atoms with Crippen LogP contribution in [0, 0.1) is 12.8 Å². The normalized spacial score (nSPS) is 17.3. The van der Waals surface area contributed by atoms with Crippen molar-refractivity contribution in [2.24, 2.45) is 5.92 Å². The summed E-state index contributed by atoms with van der Waals surface area (Å²) in [5.74, 6) is 1.01. The summed E-state index contributed by atoms with van der Waals surface area (Å²) in [5, 5.41) is 6.37. The van der Waals surface area contributed by atoms with Crippen molar-refractivity contribution in [3.63, 3.8) is 0 Å². The zero-order valence-electron chi connectivity index (χ0n) is 14.0. The van der Waals surface area contributed by atoms with E-state index in [1.54, 1.807) is 0 Å². The fraction of sp³-hybridized carbons (Fsp3) is 0.350. The first-order valence-corrected chi connectivity index (χ1v) is 8.52. The largest absolute Gasteiger partial charge is 0.489 e. The number of anilines is 1. The molecule has 1 heterocycles. The quantitative estimate of drug-likeness (QED) is 0.885. The Labute approximate surface area is 143 Å². The molecule has 1 unspecified atom stereocenters. The number of benzene rings is 2. The minimum Gasteiger partial charge on any atom is -0.489 e. The highest BCUT2D eigenvalue weighted by Gasteiger charge is 2.21. The molecule has 0 radical (unpaired) electrons. The highest BCUT2D eigenvalue weighted by molar-refractivity contribution is 5.93. The topological polar surface area (TPSA) is 50.4 Å². The van der Waals surface area contributed by atoms with Gasteiger partial charge < -0.3 is 15.4 Å². The molecule has 1 saturated heterocycles. The van der Waals surface area contributed by atoms with Crippen molar-refractivity contribution in [1.82, 2.24) is 5.32 Å². The van der Waals surface area contributed by atoms with E-state index in [0.29, 0.717) is 6.61 Å². The molecule has 1 aliphatic heterocycles. The molecule has 2 N–H and O–H groups in total. The van der Waals surface area contributed by atoms with Gasteiger partial charge >= 0.3 is 0 Å². The molecule has 0 aliphatic carbocycles. The van der Waals surface area contributed by atoms with Gasteiger partial charge in [-0.25, -0.2) is 0 Å². The van der Waals surface area contributed by atoms with Crippen molar-refractivity contribution in [1.29, 1.82) is 0 Å². The smallest absolute Gasteiger partial charge is 0.228 e. The van der Waals surface area contributed by atoms with E-state index in [1.165, 1.54) is 0 Å². The first-order chi connectivity index (χ1) is 11.7. The molecule has 2 aromatic rings. The minimum atomic E-state index is 0.0578. The summed E-state index contributed by atoms with van der Waals surface area (Å²) in [6, 6.07) is 15.7. The van der Waals surface area contributed by atoms with Crippen molar-refractivity contribution in [3.8, 4) is 5.75 Å². The molecule has 126 valence electrons. The van der Waals surface area contributed by atoms with Crippen LogP contribution in [-0.4, -0.2) is 19.0 Å². The predicted octanol–water partition coefficient (Wildman–Crippen LogP) is 3.51. The molecule has 0 aromatic heterocycles. The Bertz CT molecular complexity index is 679. The summed E-state index contributed by atoms with van der Waals surface area (Å²) in [7, 11) is 0. The second kappa shape index (κ2) is 7.97. The predicted molar refractivity (Wildman–Crippen MR) is 96.2 cm³/mol. The standard InChI is InChI=1S/C20H24N2O2/c1-15-17(14-24-18-9-3-2-4-10-18)7-5-11-19(15)22-20(23)16-8-6-12-21-13-16/h2-5,7,9-11,16,21H,6,8,12-14H2,1H3,(H,22,23). The Morgan fingerprint density at radius 1 is 1.21 bits per heavy atom. The van der Waals surface area contributed by atoms with Gasteiger partial charge in [-0.1, -0.05) is 30.3 Å². The van der Waals surface area contributed by atoms with Crippen LogP contribution >= 0.6 is 0 Å². The van der Waals surface area contributed by atoms with Crippen LogP contribution in [0.15, 0.2) is 48.5 Å². The number of nitrogens with one attached hydrogen (secondary N) is 2. The van der Waals surface area contributed by atoms with Crippen LogP contribution < -0.4 is 15.4 Å². The molecule has 1 fully saturated rings. The van der Waals surface area contributed by atoms with Crippen LogP contribution in [0.2, 0.25) is 0 Å². The zero-order valence-corrected chi connectivity index (χ0v) is 14.0. The molecular formula is C20H24N2O2. The highest BCUT2D eigenvalue weighted by atomic mass is 16.5. The van der Waals surface area contributed by atoms with E-state index in [0.717, 1.165) is 48.5 Å². The van der Waals surface area contributed by atoms with Gasteiger partial charge in [-0.05, 0) is 55.6 Å². The van der Waals surface area contributed by atoms with Gasteiger partial charge in [0.25, 0.3) is 0 Å². The van der Waals surface area contributed by atoms with E-state index in [2.05, 4.69) is 10.6 Å². The minimum absolute atomic E-state index is 0.0578. The Morgan fingerprint density at radius 3 is 2.79 bits per heavy atom. The van der Waals surface area contributed by atoms with Crippen LogP contribution in [0.3, 0.4) is 0 Å². The highest BCUT2D eigenvalue weighted by Crippen LogP contribution is 2.22. The van der Waals surface area contributed by atoms with Crippen LogP contribution in [0.4, 0.5) is 5.69 Å². The van der Waals surface area contributed by atoms with Crippen molar-refractivity contribution in [2.75, 3.05) is 18.4 Å². The molecule has 24 heavy (non-hydrogen) atoms. The summed E-state index contributed by atoms with van der Waals surface area (Å²) in [4.78, 5) is 12.4. The number of amides is 1. The average Bonchev–Trinajstić information content (AvgIpc) is 2.64. The average molecular weight is 324 g/mol. The third kappa shape index (κ3) is 4.15. The van der Waals surface area contributed by atoms with Gasteiger partial charge in [-0.2, -0.15) is 0 Å². The van der Waals surface area contributed by atoms with E-state index in [4.69, 9.17) is 4.74 Å². The summed E-state index contributed by atoms with van der Waals surface area (Å²) < 4.78 is 5.83. The lowest BCUT2D eigenvalue weighted by Crippen LogP contribution is -2.37. The van der Waals surface area contributed by atoms with Gasteiger partial charge in [0.1, 0.15) is 12.4 Å². The lowest BCUT2D eigenvalue weighted by molar-refractivity contribution is -0.120. The van der Waals surface area contributed by atoms with Gasteiger partial charge in [0.15, 0.2) is 0 Å². The van der Waals surface area contributed by atoms with Crippen LogP contribution in [0.1, 0.15) is 24.0 Å². The fourth-order valence-electron chi connectivity index (χ4n) is 2.96. The first-order valence-electron chi connectivity index (χ1n) is 8.52. The van der Waals surface area contributed by atoms with Crippen LogP contribution in [0.25, 0.3) is 0 Å². The Hall–Kier alpha value is -2.33. The van der Waals surface area contributed by atoms with E-state index >= 15 is 0 Å². The molecule has 1 atom stereocenters. The van der Waals surface area contributed by atoms with E-state index in [1.807, 2.05) is 55.5 Å². The van der Waals surface area contributed by atoms with Gasteiger partial charge in [0.2, 0.25) is 5.91 Å². The summed E-state index contributed by atoms with van der Waals surface area (Å²) in [6.45, 7) is 4.29. The van der Waals surface area contributed by atoms with Crippen LogP contribution in [-0.2, 0) is 11.4 Å². The second-order valence-corrected chi connectivity index (χ2v) is 6.22. The molecule has 4 nitrogen and oxygen atoms in total. The van der Waals surface area contributed by atoms with Crippen molar-refractivity contribution in [3.05, 3.63) is 59.7 Å². The molecule has 3 rings (SSSR count). The van der Waals surface area contributed by atoms with Gasteiger partial charge in [-0.15, -0.1) is 0 Å². The van der Waals surface area contributed by atoms with E-state index < -0.39 is 0 Å². The van der Waals surface area contributed by atoms with Crippen molar-refractivity contribution >= 4 is 11.6 Å². The number of ether oxygens (including phenoxy) is 1. The first kappa shape index (κ1) is 16.5. The van der Waals surface area contributed by atoms with Gasteiger partial charge in [0, 0.05) is 12.2 Å². The SMILES string of the molecule is Cc1c(COc2ccccc2)cccc1NC(=O)C1CCCNC1. The number of piperidine rings is 1. The molecule has 1 aliphatic rings. The maximum absolute atomic E-state index is 12.4. The van der Waals surface area contributed by atoms with E-state index in [-0.39, 0.29) is 11.8 Å². The van der Waals surface area contributed by atoms with Gasteiger partial charge in [0.05, 0.1) is 5.92 Å². The number of para-hydroxylation sites is 1. The number of hydrogen-bond donors (Lipinski definition) is 2. The second-order valence-electron chi connectivity index (χ2n) is 6.22.